The zero-order valence-corrected chi connectivity index (χ0v) is 27.4. The molecule has 3 N–H and O–H groups in total. The van der Waals surface area contributed by atoms with Gasteiger partial charge in [-0.05, 0) is 73.0 Å². The highest BCUT2D eigenvalue weighted by Gasteiger charge is 2.31. The summed E-state index contributed by atoms with van der Waals surface area (Å²) in [4.78, 5) is 28.5. The molecule has 6 aromatic rings. The first-order valence-electron chi connectivity index (χ1n) is 16.2. The number of hydrogen-bond donors (Lipinski definition) is 2. The number of pyridine rings is 3. The Balaban J connectivity index is 0.00000212. The number of hydrogen-bond acceptors (Lipinski definition) is 10. The van der Waals surface area contributed by atoms with Gasteiger partial charge in [0.25, 0.3) is 0 Å². The highest BCUT2D eigenvalue weighted by atomic mass is 19.4. The Morgan fingerprint density at radius 2 is 1.64 bits per heavy atom. The molecule has 1 aromatic carbocycles. The van der Waals surface area contributed by atoms with Gasteiger partial charge in [0.2, 0.25) is 5.82 Å². The molecule has 1 aliphatic heterocycles. The molecule has 0 amide bonds. The van der Waals surface area contributed by atoms with Gasteiger partial charge in [-0.25, -0.2) is 24.9 Å². The van der Waals surface area contributed by atoms with E-state index in [4.69, 9.17) is 21.0 Å². The van der Waals surface area contributed by atoms with Crippen LogP contribution in [0.25, 0.3) is 39.6 Å². The number of aromatic nitrogens is 7. The summed E-state index contributed by atoms with van der Waals surface area (Å²) in [6.45, 7) is 6.57. The predicted octanol–water partition coefficient (Wildman–Crippen LogP) is 6.91. The number of nitrogens with one attached hydrogen (secondary N) is 1. The van der Waals surface area contributed by atoms with Crippen molar-refractivity contribution in [1.82, 2.24) is 39.4 Å². The van der Waals surface area contributed by atoms with Crippen molar-refractivity contribution >= 4 is 22.8 Å². The number of nitriles is 1. The molecule has 14 heteroatoms. The molecular weight excluding hydrogens is 643 g/mol. The molecule has 1 saturated heterocycles. The lowest BCUT2D eigenvalue weighted by molar-refractivity contribution is -0.137. The summed E-state index contributed by atoms with van der Waals surface area (Å²) in [5.41, 5.74) is 9.77. The molecule has 0 unspecified atom stereocenters. The van der Waals surface area contributed by atoms with Crippen LogP contribution >= 0.6 is 0 Å². The van der Waals surface area contributed by atoms with Crippen LogP contribution in [0.2, 0.25) is 0 Å². The van der Waals surface area contributed by atoms with Crippen molar-refractivity contribution < 1.29 is 13.2 Å². The highest BCUT2D eigenvalue weighted by Crippen LogP contribution is 2.33. The number of benzene rings is 1. The number of halogens is 3. The molecule has 0 aliphatic carbocycles. The lowest BCUT2D eigenvalue weighted by atomic mass is 10.0. The summed E-state index contributed by atoms with van der Waals surface area (Å²) in [7, 11) is 0. The van der Waals surface area contributed by atoms with Crippen LogP contribution in [0.1, 0.15) is 43.6 Å². The maximum Gasteiger partial charge on any atom is 0.417 e. The molecule has 11 nitrogen and oxygen atoms in total. The molecule has 0 radical (unpaired) electrons. The van der Waals surface area contributed by atoms with Gasteiger partial charge in [-0.1, -0.05) is 26.0 Å². The minimum atomic E-state index is -4.48. The molecule has 0 spiro atoms. The number of rotatable bonds is 7. The van der Waals surface area contributed by atoms with Crippen LogP contribution in [-0.4, -0.2) is 58.5 Å². The zero-order valence-electron chi connectivity index (χ0n) is 27.4. The molecule has 0 atom stereocenters. The quantitative estimate of drug-likeness (QED) is 0.183. The van der Waals surface area contributed by atoms with Gasteiger partial charge in [-0.3, -0.25) is 14.5 Å². The summed E-state index contributed by atoms with van der Waals surface area (Å²) in [6, 6.07) is 21.5. The van der Waals surface area contributed by atoms with Crippen molar-refractivity contribution in [3.8, 4) is 34.5 Å². The van der Waals surface area contributed by atoms with Crippen LogP contribution in [0.3, 0.4) is 0 Å². The van der Waals surface area contributed by atoms with E-state index in [1.54, 1.807) is 36.7 Å². The third kappa shape index (κ3) is 7.37. The van der Waals surface area contributed by atoms with E-state index in [0.29, 0.717) is 45.6 Å². The molecular formula is C36H34F3N11. The van der Waals surface area contributed by atoms with Crippen molar-refractivity contribution in [1.29, 1.82) is 5.26 Å². The number of alkyl halides is 3. The Kier molecular flexibility index (Phi) is 9.96. The van der Waals surface area contributed by atoms with E-state index in [1.807, 2.05) is 42.7 Å². The van der Waals surface area contributed by atoms with E-state index in [2.05, 4.69) is 42.3 Å². The first kappa shape index (κ1) is 33.9. The maximum absolute atomic E-state index is 13.1. The molecule has 0 bridgehead atoms. The zero-order chi connectivity index (χ0) is 35.3. The standard InChI is InChI=1S/C34H28F3N11.C2H6/c35-34(36,37)22-5-8-26(42-19-22)27-9-10-28-33(44-27)48(32(45-28)25-2-1-14-41-31(25)39)24-6-3-21(4-7-24)20-47-16-12-23(13-17-47)43-29-11-15-40-30(18-38)46-29;1-2/h1-11,14-15,19,23H,12-13,16-17,20H2,(H2,39,41)(H,40,43,46);1-2H3. The van der Waals surface area contributed by atoms with Gasteiger partial charge < -0.3 is 11.1 Å². The molecule has 5 aromatic heterocycles. The summed E-state index contributed by atoms with van der Waals surface area (Å²) in [5.74, 6) is 1.65. The largest absolute Gasteiger partial charge is 0.417 e. The van der Waals surface area contributed by atoms with Crippen molar-refractivity contribution in [3.05, 3.63) is 102 Å². The fraction of sp³-hybridized carbons (Fsp3) is 0.250. The second-order valence-corrected chi connectivity index (χ2v) is 11.4. The van der Waals surface area contributed by atoms with Crippen molar-refractivity contribution in [2.45, 2.75) is 45.5 Å². The van der Waals surface area contributed by atoms with E-state index in [1.165, 1.54) is 6.07 Å². The van der Waals surface area contributed by atoms with Crippen LogP contribution < -0.4 is 11.1 Å². The number of nitrogens with two attached hydrogens (primary N) is 1. The molecule has 50 heavy (non-hydrogen) atoms. The van der Waals surface area contributed by atoms with Crippen LogP contribution in [0.15, 0.2) is 85.3 Å². The number of imidazole rings is 1. The predicted molar refractivity (Wildman–Crippen MR) is 185 cm³/mol. The third-order valence-corrected chi connectivity index (χ3v) is 8.23. The Hall–Kier alpha value is -5.94. The third-order valence-electron chi connectivity index (χ3n) is 8.23. The van der Waals surface area contributed by atoms with Gasteiger partial charge >= 0.3 is 6.18 Å². The maximum atomic E-state index is 13.1. The summed E-state index contributed by atoms with van der Waals surface area (Å²) >= 11 is 0. The number of likely N-dealkylation sites (tertiary alicyclic amines) is 1. The van der Waals surface area contributed by atoms with Gasteiger partial charge in [0.15, 0.2) is 11.5 Å². The molecule has 1 aliphatic rings. The van der Waals surface area contributed by atoms with Crippen molar-refractivity contribution in [2.75, 3.05) is 24.1 Å². The Morgan fingerprint density at radius 3 is 2.32 bits per heavy atom. The molecule has 1 fully saturated rings. The van der Waals surface area contributed by atoms with Gasteiger partial charge in [-0.15, -0.1) is 0 Å². The SMILES string of the molecule is CC.N#Cc1nccc(NC2CCN(Cc3ccc(-n4c(-c5cccnc5N)nc5ccc(-c6ccc(C(F)(F)F)cn6)nc54)cc3)CC2)n1. The number of nitrogen functional groups attached to an aromatic ring is 1. The molecule has 7 rings (SSSR count). The monoisotopic (exact) mass is 677 g/mol. The second-order valence-electron chi connectivity index (χ2n) is 11.4. The Morgan fingerprint density at radius 1 is 0.880 bits per heavy atom. The highest BCUT2D eigenvalue weighted by molar-refractivity contribution is 5.84. The Labute approximate surface area is 286 Å². The molecule has 6 heterocycles. The normalized spacial score (nSPS) is 13.8. The molecule has 254 valence electrons. The number of piperidine rings is 1. The number of anilines is 2. The van der Waals surface area contributed by atoms with E-state index < -0.39 is 11.7 Å². The van der Waals surface area contributed by atoms with Gasteiger partial charge in [0, 0.05) is 50.0 Å². The van der Waals surface area contributed by atoms with Gasteiger partial charge in [0.05, 0.1) is 22.5 Å². The lowest BCUT2D eigenvalue weighted by Gasteiger charge is -2.32. The van der Waals surface area contributed by atoms with Crippen molar-refractivity contribution in [2.24, 2.45) is 0 Å². The van der Waals surface area contributed by atoms with Crippen LogP contribution in [0, 0.1) is 11.3 Å². The smallest absolute Gasteiger partial charge is 0.383 e. The Bertz CT molecular complexity index is 2110. The van der Waals surface area contributed by atoms with E-state index >= 15 is 0 Å². The minimum Gasteiger partial charge on any atom is -0.383 e. The van der Waals surface area contributed by atoms with E-state index in [0.717, 1.165) is 56.0 Å². The van der Waals surface area contributed by atoms with Crippen LogP contribution in [-0.2, 0) is 12.7 Å². The number of fused-ring (bicyclic) bond motifs is 1. The van der Waals surface area contributed by atoms with Gasteiger partial charge in [0.1, 0.15) is 23.2 Å². The summed E-state index contributed by atoms with van der Waals surface area (Å²) in [5, 5.41) is 12.5. The molecule has 0 saturated carbocycles. The topological polar surface area (TPSA) is 147 Å². The minimum absolute atomic E-state index is 0.146. The van der Waals surface area contributed by atoms with Crippen LogP contribution in [0.4, 0.5) is 24.8 Å². The summed E-state index contributed by atoms with van der Waals surface area (Å²) in [6.07, 6.45) is 1.38. The van der Waals surface area contributed by atoms with Crippen molar-refractivity contribution in [3.63, 3.8) is 0 Å². The average molecular weight is 678 g/mol. The summed E-state index contributed by atoms with van der Waals surface area (Å²) < 4.78 is 41.3. The number of nitrogens with zero attached hydrogens (tertiary/aromatic N) is 9. The van der Waals surface area contributed by atoms with E-state index in [-0.39, 0.29) is 11.9 Å². The lowest BCUT2D eigenvalue weighted by Crippen LogP contribution is -2.38. The van der Waals surface area contributed by atoms with E-state index in [9.17, 15) is 13.2 Å². The average Bonchev–Trinajstić information content (AvgIpc) is 3.52. The first-order valence-corrected chi connectivity index (χ1v) is 16.2. The second kappa shape index (κ2) is 14.7. The van der Waals surface area contributed by atoms with Gasteiger partial charge in [-0.2, -0.15) is 18.4 Å². The first-order chi connectivity index (χ1) is 24.2. The van der Waals surface area contributed by atoms with Crippen LogP contribution in [0.5, 0.6) is 0 Å². The fourth-order valence-electron chi connectivity index (χ4n) is 5.79. The fourth-order valence-corrected chi connectivity index (χ4v) is 5.79.